The summed E-state index contributed by atoms with van der Waals surface area (Å²) >= 11 is 0. The van der Waals surface area contributed by atoms with Gasteiger partial charge in [0.15, 0.2) is 0 Å². The van der Waals surface area contributed by atoms with Crippen LogP contribution in [0.3, 0.4) is 0 Å². The Hall–Kier alpha value is -2.75. The van der Waals surface area contributed by atoms with E-state index in [1.54, 1.807) is 12.3 Å². The summed E-state index contributed by atoms with van der Waals surface area (Å²) in [7, 11) is 0. The SMILES string of the molecule is N#Cc1c[nH]c2ncc(-c3ccn(C(F)F)n3)cc12. The van der Waals surface area contributed by atoms with Gasteiger partial charge in [0, 0.05) is 29.5 Å². The van der Waals surface area contributed by atoms with Gasteiger partial charge in [-0.15, -0.1) is 0 Å². The number of pyridine rings is 1. The van der Waals surface area contributed by atoms with Crippen LogP contribution in [0.25, 0.3) is 22.3 Å². The molecule has 1 N–H and O–H groups in total. The number of hydrogen-bond donors (Lipinski definition) is 1. The highest BCUT2D eigenvalue weighted by molar-refractivity contribution is 5.86. The molecule has 19 heavy (non-hydrogen) atoms. The fourth-order valence-electron chi connectivity index (χ4n) is 1.84. The van der Waals surface area contributed by atoms with Crippen LogP contribution in [-0.4, -0.2) is 19.7 Å². The number of fused-ring (bicyclic) bond motifs is 1. The van der Waals surface area contributed by atoms with E-state index >= 15 is 0 Å². The van der Waals surface area contributed by atoms with Crippen LogP contribution in [0.1, 0.15) is 12.1 Å². The Balaban J connectivity index is 2.11. The zero-order valence-corrected chi connectivity index (χ0v) is 9.51. The van der Waals surface area contributed by atoms with Gasteiger partial charge >= 0.3 is 6.55 Å². The summed E-state index contributed by atoms with van der Waals surface area (Å²) in [5.41, 5.74) is 2.01. The van der Waals surface area contributed by atoms with Crippen molar-refractivity contribution in [1.82, 2.24) is 19.7 Å². The Kier molecular flexibility index (Phi) is 2.49. The monoisotopic (exact) mass is 259 g/mol. The van der Waals surface area contributed by atoms with Gasteiger partial charge in [-0.2, -0.15) is 19.1 Å². The van der Waals surface area contributed by atoms with E-state index in [-0.39, 0.29) is 0 Å². The highest BCUT2D eigenvalue weighted by atomic mass is 19.3. The third kappa shape index (κ3) is 1.83. The third-order valence-corrected chi connectivity index (χ3v) is 2.76. The number of rotatable bonds is 2. The lowest BCUT2D eigenvalue weighted by Gasteiger charge is -1.98. The van der Waals surface area contributed by atoms with Gasteiger partial charge < -0.3 is 4.98 Å². The molecule has 0 radical (unpaired) electrons. The van der Waals surface area contributed by atoms with Crippen molar-refractivity contribution in [2.24, 2.45) is 0 Å². The molecule has 94 valence electrons. The van der Waals surface area contributed by atoms with E-state index < -0.39 is 6.55 Å². The molecule has 0 unspecified atom stereocenters. The molecule has 0 aliphatic rings. The summed E-state index contributed by atoms with van der Waals surface area (Å²) < 4.78 is 25.5. The van der Waals surface area contributed by atoms with Gasteiger partial charge in [0.05, 0.1) is 11.3 Å². The van der Waals surface area contributed by atoms with Crippen molar-refractivity contribution in [1.29, 1.82) is 5.26 Å². The van der Waals surface area contributed by atoms with E-state index in [0.29, 0.717) is 32.5 Å². The molecule has 3 aromatic heterocycles. The van der Waals surface area contributed by atoms with Crippen LogP contribution in [0.5, 0.6) is 0 Å². The second-order valence-corrected chi connectivity index (χ2v) is 3.89. The first-order valence-corrected chi connectivity index (χ1v) is 5.40. The number of halogens is 2. The molecule has 0 atom stereocenters. The summed E-state index contributed by atoms with van der Waals surface area (Å²) in [6.07, 6.45) is 4.28. The predicted molar refractivity (Wildman–Crippen MR) is 63.3 cm³/mol. The van der Waals surface area contributed by atoms with Crippen molar-refractivity contribution in [3.05, 3.63) is 36.3 Å². The molecule has 0 saturated heterocycles. The quantitative estimate of drug-likeness (QED) is 0.769. The van der Waals surface area contributed by atoms with Crippen LogP contribution >= 0.6 is 0 Å². The molecule has 3 aromatic rings. The van der Waals surface area contributed by atoms with Gasteiger partial charge in [-0.1, -0.05) is 0 Å². The molecule has 0 aromatic carbocycles. The Morgan fingerprint density at radius 2 is 2.26 bits per heavy atom. The van der Waals surface area contributed by atoms with Crippen LogP contribution in [0.2, 0.25) is 0 Å². The molecule has 0 fully saturated rings. The van der Waals surface area contributed by atoms with E-state index in [1.807, 2.05) is 6.07 Å². The van der Waals surface area contributed by atoms with Crippen molar-refractivity contribution >= 4 is 11.0 Å². The number of nitrogens with one attached hydrogen (secondary N) is 1. The van der Waals surface area contributed by atoms with Gasteiger partial charge in [-0.3, -0.25) is 0 Å². The fraction of sp³-hybridized carbons (Fsp3) is 0.0833. The van der Waals surface area contributed by atoms with Gasteiger partial charge in [0.2, 0.25) is 0 Å². The van der Waals surface area contributed by atoms with Crippen LogP contribution in [-0.2, 0) is 0 Å². The molecule has 0 aliphatic carbocycles. The third-order valence-electron chi connectivity index (χ3n) is 2.76. The van der Waals surface area contributed by atoms with E-state index in [0.717, 1.165) is 0 Å². The molecule has 0 bridgehead atoms. The van der Waals surface area contributed by atoms with Crippen molar-refractivity contribution in [2.45, 2.75) is 6.55 Å². The molecule has 7 heteroatoms. The zero-order chi connectivity index (χ0) is 13.4. The maximum absolute atomic E-state index is 12.5. The first-order valence-electron chi connectivity index (χ1n) is 5.40. The van der Waals surface area contributed by atoms with Gasteiger partial charge in [0.1, 0.15) is 11.7 Å². The van der Waals surface area contributed by atoms with E-state index in [9.17, 15) is 8.78 Å². The van der Waals surface area contributed by atoms with E-state index in [1.165, 1.54) is 18.5 Å². The summed E-state index contributed by atoms with van der Waals surface area (Å²) in [5.74, 6) is 0. The first kappa shape index (κ1) is 11.3. The average Bonchev–Trinajstić information content (AvgIpc) is 3.04. The largest absolute Gasteiger partial charge is 0.345 e. The van der Waals surface area contributed by atoms with E-state index in [2.05, 4.69) is 15.1 Å². The van der Waals surface area contributed by atoms with Crippen molar-refractivity contribution in [2.75, 3.05) is 0 Å². The Morgan fingerprint density at radius 1 is 1.42 bits per heavy atom. The molecule has 0 aliphatic heterocycles. The topological polar surface area (TPSA) is 70.3 Å². The molecule has 0 saturated carbocycles. The van der Waals surface area contributed by atoms with Crippen molar-refractivity contribution < 1.29 is 8.78 Å². The minimum atomic E-state index is -2.67. The summed E-state index contributed by atoms with van der Waals surface area (Å²) in [6.45, 7) is -2.67. The smallest absolute Gasteiger partial charge is 0.333 e. The van der Waals surface area contributed by atoms with Crippen molar-refractivity contribution in [3.63, 3.8) is 0 Å². The highest BCUT2D eigenvalue weighted by Crippen LogP contribution is 2.24. The molecular formula is C12H7F2N5. The summed E-state index contributed by atoms with van der Waals surface area (Å²) in [6, 6.07) is 5.22. The lowest BCUT2D eigenvalue weighted by Crippen LogP contribution is -1.98. The predicted octanol–water partition coefficient (Wildman–Crippen LogP) is 2.69. The second-order valence-electron chi connectivity index (χ2n) is 3.89. The van der Waals surface area contributed by atoms with E-state index in [4.69, 9.17) is 5.26 Å². The Labute approximate surface area is 106 Å². The lowest BCUT2D eigenvalue weighted by atomic mass is 10.1. The molecular weight excluding hydrogens is 252 g/mol. The minimum absolute atomic E-state index is 0.389. The standard InChI is InChI=1S/C12H7F2N5/c13-12(14)19-2-1-10(18-19)7-3-9-8(4-15)6-17-11(9)16-5-7/h1-3,5-6,12H,(H,16,17). The molecule has 0 amide bonds. The Bertz CT molecular complexity index is 781. The average molecular weight is 259 g/mol. The van der Waals surface area contributed by atoms with Crippen molar-refractivity contribution in [3.8, 4) is 17.3 Å². The van der Waals surface area contributed by atoms with Crippen LogP contribution in [0.15, 0.2) is 30.7 Å². The molecule has 0 spiro atoms. The zero-order valence-electron chi connectivity index (χ0n) is 9.51. The molecule has 3 heterocycles. The highest BCUT2D eigenvalue weighted by Gasteiger charge is 2.11. The number of alkyl halides is 2. The number of aromatic amines is 1. The van der Waals surface area contributed by atoms with Crippen LogP contribution in [0, 0.1) is 11.3 Å². The van der Waals surface area contributed by atoms with Gasteiger partial charge in [-0.05, 0) is 12.1 Å². The lowest BCUT2D eigenvalue weighted by molar-refractivity contribution is 0.0568. The fourth-order valence-corrected chi connectivity index (χ4v) is 1.84. The maximum Gasteiger partial charge on any atom is 0.333 e. The first-order chi connectivity index (χ1) is 9.19. The number of nitrogens with zero attached hydrogens (tertiary/aromatic N) is 4. The van der Waals surface area contributed by atoms with Crippen LogP contribution in [0.4, 0.5) is 8.78 Å². The number of H-pyrrole nitrogens is 1. The second kappa shape index (κ2) is 4.17. The molecule has 5 nitrogen and oxygen atoms in total. The van der Waals surface area contributed by atoms with Crippen LogP contribution < -0.4 is 0 Å². The van der Waals surface area contributed by atoms with Gasteiger partial charge in [0.25, 0.3) is 0 Å². The summed E-state index contributed by atoms with van der Waals surface area (Å²) in [4.78, 5) is 7.00. The Morgan fingerprint density at radius 3 is 2.95 bits per heavy atom. The number of nitriles is 1. The summed E-state index contributed by atoms with van der Waals surface area (Å²) in [5, 5.41) is 13.4. The number of aromatic nitrogens is 4. The normalized spacial score (nSPS) is 11.1. The number of hydrogen-bond acceptors (Lipinski definition) is 3. The maximum atomic E-state index is 12.5. The molecule has 3 rings (SSSR count). The minimum Gasteiger partial charge on any atom is -0.345 e. The van der Waals surface area contributed by atoms with Gasteiger partial charge in [-0.25, -0.2) is 9.67 Å².